The number of nitrogens with one attached hydrogen (secondary N) is 1. The van der Waals surface area contributed by atoms with Gasteiger partial charge in [-0.2, -0.15) is 18.2 Å². The number of hydrazine groups is 1. The number of unbranched alkanes of at least 4 members (excludes halogenated alkanes) is 2. The van der Waals surface area contributed by atoms with Crippen LogP contribution in [-0.2, 0) is 11.2 Å². The molecule has 0 spiro atoms. The molecule has 0 radical (unpaired) electrons. The number of alkyl halides is 3. The average Bonchev–Trinajstić information content (AvgIpc) is 2.86. The van der Waals surface area contributed by atoms with Crippen LogP contribution in [0.1, 0.15) is 63.6 Å². The van der Waals surface area contributed by atoms with Gasteiger partial charge >= 0.3 is 6.18 Å². The molecule has 1 heterocycles. The van der Waals surface area contributed by atoms with Crippen molar-refractivity contribution in [3.05, 3.63) is 47.5 Å². The number of carbonyl (C=O) groups excluding carboxylic acids is 1. The molecule has 1 amide bonds. The van der Waals surface area contributed by atoms with Crippen LogP contribution in [0.5, 0.6) is 0 Å². The number of benzene rings is 2. The maximum atomic E-state index is 14.2. The number of rotatable bonds is 6. The molecule has 1 aliphatic rings. The number of aryl methyl sites for hydroxylation is 1. The number of halogens is 3. The minimum atomic E-state index is -4.52. The highest BCUT2D eigenvalue weighted by atomic mass is 19.4. The summed E-state index contributed by atoms with van der Waals surface area (Å²) in [5.41, 5.74) is 2.62. The highest BCUT2D eigenvalue weighted by Gasteiger charge is 2.53. The molecule has 1 aliphatic heterocycles. The van der Waals surface area contributed by atoms with Gasteiger partial charge in [-0.3, -0.25) is 10.2 Å². The van der Waals surface area contributed by atoms with Gasteiger partial charge in [0.2, 0.25) is 5.91 Å². The minimum Gasteiger partial charge on any atom is -0.287 e. The molecule has 3 nitrogen and oxygen atoms in total. The van der Waals surface area contributed by atoms with Gasteiger partial charge in [-0.15, -0.1) is 0 Å². The summed E-state index contributed by atoms with van der Waals surface area (Å²) in [6.45, 7) is 5.42. The Labute approximate surface area is 163 Å². The van der Waals surface area contributed by atoms with Crippen molar-refractivity contribution < 1.29 is 18.0 Å². The molecular formula is C22H27F3N2O. The molecule has 3 rings (SSSR count). The third-order valence-corrected chi connectivity index (χ3v) is 5.39. The fraction of sp³-hybridized carbons (Fsp3) is 0.500. The fourth-order valence-corrected chi connectivity index (χ4v) is 4.05. The number of amides is 1. The van der Waals surface area contributed by atoms with Crippen molar-refractivity contribution in [3.63, 3.8) is 0 Å². The largest absolute Gasteiger partial charge is 0.409 e. The van der Waals surface area contributed by atoms with Gasteiger partial charge in [0.15, 0.2) is 6.04 Å². The Bertz CT molecular complexity index is 860. The van der Waals surface area contributed by atoms with Crippen LogP contribution in [0.3, 0.4) is 0 Å². The summed E-state index contributed by atoms with van der Waals surface area (Å²) in [5, 5.41) is 2.87. The van der Waals surface area contributed by atoms with Gasteiger partial charge in [0.05, 0.1) is 0 Å². The fourth-order valence-electron chi connectivity index (χ4n) is 4.05. The number of hydrogen-bond donors (Lipinski definition) is 1. The van der Waals surface area contributed by atoms with E-state index in [2.05, 4.69) is 12.3 Å². The second-order valence-electron chi connectivity index (χ2n) is 8.20. The first-order valence-corrected chi connectivity index (χ1v) is 9.80. The Balaban J connectivity index is 2.11. The van der Waals surface area contributed by atoms with Crippen LogP contribution in [-0.4, -0.2) is 22.6 Å². The summed E-state index contributed by atoms with van der Waals surface area (Å²) in [5.74, 6) is -0.386. The predicted octanol–water partition coefficient (Wildman–Crippen LogP) is 5.69. The van der Waals surface area contributed by atoms with Crippen molar-refractivity contribution in [1.29, 1.82) is 0 Å². The second-order valence-corrected chi connectivity index (χ2v) is 8.20. The van der Waals surface area contributed by atoms with Gasteiger partial charge in [0.1, 0.15) is 0 Å². The van der Waals surface area contributed by atoms with Crippen LogP contribution < -0.4 is 5.43 Å². The number of carbonyl (C=O) groups is 1. The monoisotopic (exact) mass is 392 g/mol. The van der Waals surface area contributed by atoms with Gasteiger partial charge in [0, 0.05) is 12.0 Å². The standard InChI is InChI=1S/C22H27F3N2O/c1-4-5-6-9-15-12-17(13-16-10-7-8-11-18(15)16)20(22(23,24)25)27-21(2,3)14-19(28)26-27/h7-8,10-13,20H,4-6,9,14H2,1-3H3,(H,26,28)/t20-/m0/s1. The summed E-state index contributed by atoms with van der Waals surface area (Å²) in [7, 11) is 0. The second kappa shape index (κ2) is 7.74. The SMILES string of the molecule is CCCCCc1cc([C@H](N2NC(=O)CC2(C)C)C(F)(F)F)cc2ccccc12. The van der Waals surface area contributed by atoms with Gasteiger partial charge < -0.3 is 0 Å². The Kier molecular flexibility index (Phi) is 5.71. The Hall–Kier alpha value is -2.08. The number of hydrogen-bond acceptors (Lipinski definition) is 2. The maximum Gasteiger partial charge on any atom is 0.409 e. The van der Waals surface area contributed by atoms with Gasteiger partial charge in [0.25, 0.3) is 0 Å². The van der Waals surface area contributed by atoms with E-state index in [-0.39, 0.29) is 17.9 Å². The van der Waals surface area contributed by atoms with E-state index in [1.807, 2.05) is 24.3 Å². The van der Waals surface area contributed by atoms with Crippen LogP contribution in [0.4, 0.5) is 13.2 Å². The zero-order chi connectivity index (χ0) is 20.5. The maximum absolute atomic E-state index is 14.2. The molecule has 0 aromatic heterocycles. The predicted molar refractivity (Wildman–Crippen MR) is 105 cm³/mol. The number of fused-ring (bicyclic) bond motifs is 1. The minimum absolute atomic E-state index is 0.0382. The van der Waals surface area contributed by atoms with Crippen molar-refractivity contribution in [2.45, 2.75) is 70.6 Å². The molecule has 1 N–H and O–H groups in total. The quantitative estimate of drug-likeness (QED) is 0.641. The summed E-state index contributed by atoms with van der Waals surface area (Å²) in [6, 6.07) is 8.97. The van der Waals surface area contributed by atoms with E-state index in [4.69, 9.17) is 0 Å². The van der Waals surface area contributed by atoms with Crippen molar-refractivity contribution >= 4 is 16.7 Å². The zero-order valence-electron chi connectivity index (χ0n) is 16.6. The summed E-state index contributed by atoms with van der Waals surface area (Å²) >= 11 is 0. The molecule has 0 unspecified atom stereocenters. The van der Waals surface area contributed by atoms with Crippen LogP contribution in [0.2, 0.25) is 0 Å². The van der Waals surface area contributed by atoms with Crippen LogP contribution >= 0.6 is 0 Å². The summed E-state index contributed by atoms with van der Waals surface area (Å²) in [4.78, 5) is 11.9. The van der Waals surface area contributed by atoms with Crippen LogP contribution in [0.25, 0.3) is 10.8 Å². The molecule has 0 aliphatic carbocycles. The van der Waals surface area contributed by atoms with E-state index in [9.17, 15) is 18.0 Å². The average molecular weight is 392 g/mol. The zero-order valence-corrected chi connectivity index (χ0v) is 16.6. The van der Waals surface area contributed by atoms with Gasteiger partial charge in [-0.05, 0) is 54.7 Å². The molecule has 2 aromatic carbocycles. The van der Waals surface area contributed by atoms with E-state index in [1.54, 1.807) is 26.0 Å². The van der Waals surface area contributed by atoms with E-state index in [0.717, 1.165) is 47.0 Å². The van der Waals surface area contributed by atoms with Crippen molar-refractivity contribution in [2.24, 2.45) is 0 Å². The topological polar surface area (TPSA) is 32.3 Å². The molecule has 1 atom stereocenters. The van der Waals surface area contributed by atoms with Gasteiger partial charge in [-0.25, -0.2) is 0 Å². The smallest absolute Gasteiger partial charge is 0.287 e. The molecule has 0 saturated carbocycles. The van der Waals surface area contributed by atoms with Gasteiger partial charge in [-0.1, -0.05) is 50.1 Å². The van der Waals surface area contributed by atoms with Crippen LogP contribution in [0, 0.1) is 0 Å². The lowest BCUT2D eigenvalue weighted by molar-refractivity contribution is -0.203. The highest BCUT2D eigenvalue weighted by molar-refractivity contribution is 5.86. The normalized spacial score (nSPS) is 18.4. The molecule has 152 valence electrons. The first kappa shape index (κ1) is 20.6. The highest BCUT2D eigenvalue weighted by Crippen LogP contribution is 2.43. The first-order chi connectivity index (χ1) is 13.1. The van der Waals surface area contributed by atoms with E-state index >= 15 is 0 Å². The molecule has 6 heteroatoms. The van der Waals surface area contributed by atoms with Crippen molar-refractivity contribution in [1.82, 2.24) is 10.4 Å². The molecule has 28 heavy (non-hydrogen) atoms. The van der Waals surface area contributed by atoms with E-state index in [0.29, 0.717) is 0 Å². The Morgan fingerprint density at radius 2 is 1.89 bits per heavy atom. The van der Waals surface area contributed by atoms with E-state index in [1.165, 1.54) is 0 Å². The molecule has 0 bridgehead atoms. The van der Waals surface area contributed by atoms with Crippen molar-refractivity contribution in [2.75, 3.05) is 0 Å². The summed E-state index contributed by atoms with van der Waals surface area (Å²) in [6.07, 6.45) is -0.711. The summed E-state index contributed by atoms with van der Waals surface area (Å²) < 4.78 is 42.5. The Morgan fingerprint density at radius 1 is 1.18 bits per heavy atom. The molecule has 2 aromatic rings. The third-order valence-electron chi connectivity index (χ3n) is 5.39. The molecule has 1 saturated heterocycles. The number of nitrogens with zero attached hydrogens (tertiary/aromatic N) is 1. The lowest BCUT2D eigenvalue weighted by Gasteiger charge is -2.38. The lowest BCUT2D eigenvalue weighted by Crippen LogP contribution is -2.51. The molecular weight excluding hydrogens is 365 g/mol. The molecule has 1 fully saturated rings. The lowest BCUT2D eigenvalue weighted by atomic mass is 9.92. The Morgan fingerprint density at radius 3 is 2.50 bits per heavy atom. The third kappa shape index (κ3) is 4.17. The van der Waals surface area contributed by atoms with Crippen LogP contribution in [0.15, 0.2) is 36.4 Å². The first-order valence-electron chi connectivity index (χ1n) is 9.80. The van der Waals surface area contributed by atoms with Crippen molar-refractivity contribution in [3.8, 4) is 0 Å². The van der Waals surface area contributed by atoms with E-state index < -0.39 is 17.8 Å².